The molecule has 0 aromatic rings. The van der Waals surface area contributed by atoms with Crippen LogP contribution < -0.4 is 0 Å². The van der Waals surface area contributed by atoms with Gasteiger partial charge in [-0.3, -0.25) is 0 Å². The molecular weight excluding hydrogens is 200 g/mol. The SMILES string of the molecule is CN1CCCC(C2(C(C)(C)C#N)COC2)C1. The number of nitriles is 1. The summed E-state index contributed by atoms with van der Waals surface area (Å²) in [5.41, 5.74) is -0.176. The predicted octanol–water partition coefficient (Wildman–Crippen LogP) is 1.89. The summed E-state index contributed by atoms with van der Waals surface area (Å²) in [5, 5.41) is 9.37. The minimum absolute atomic E-state index is 0.0937. The highest BCUT2D eigenvalue weighted by molar-refractivity contribution is 5.11. The van der Waals surface area contributed by atoms with E-state index < -0.39 is 0 Å². The van der Waals surface area contributed by atoms with Gasteiger partial charge < -0.3 is 9.64 Å². The molecule has 2 rings (SSSR count). The molecule has 16 heavy (non-hydrogen) atoms. The van der Waals surface area contributed by atoms with Gasteiger partial charge in [0.05, 0.1) is 24.7 Å². The van der Waals surface area contributed by atoms with Crippen LogP contribution in [0.4, 0.5) is 0 Å². The summed E-state index contributed by atoms with van der Waals surface area (Å²) in [6, 6.07) is 2.50. The van der Waals surface area contributed by atoms with Crippen LogP contribution in [0, 0.1) is 28.1 Å². The first-order chi connectivity index (χ1) is 7.52. The summed E-state index contributed by atoms with van der Waals surface area (Å²) in [7, 11) is 2.18. The summed E-state index contributed by atoms with van der Waals surface area (Å²) in [5.74, 6) is 0.620. The number of hydrogen-bond acceptors (Lipinski definition) is 3. The Morgan fingerprint density at radius 3 is 2.56 bits per heavy atom. The molecule has 2 heterocycles. The Hall–Kier alpha value is -0.590. The lowest BCUT2D eigenvalue weighted by Gasteiger charge is -2.55. The number of piperidine rings is 1. The first kappa shape index (κ1) is 11.9. The molecule has 2 aliphatic rings. The fraction of sp³-hybridized carbons (Fsp3) is 0.923. The number of ether oxygens (including phenoxy) is 1. The highest BCUT2D eigenvalue weighted by Gasteiger charge is 2.56. The fourth-order valence-corrected chi connectivity index (χ4v) is 3.16. The van der Waals surface area contributed by atoms with Crippen LogP contribution in [0.1, 0.15) is 26.7 Å². The molecule has 2 fully saturated rings. The molecule has 3 nitrogen and oxygen atoms in total. The van der Waals surface area contributed by atoms with Crippen LogP contribution in [0.5, 0.6) is 0 Å². The summed E-state index contributed by atoms with van der Waals surface area (Å²) in [6.07, 6.45) is 2.50. The van der Waals surface area contributed by atoms with E-state index in [1.807, 2.05) is 0 Å². The summed E-state index contributed by atoms with van der Waals surface area (Å²) < 4.78 is 5.45. The molecule has 2 aliphatic heterocycles. The van der Waals surface area contributed by atoms with Crippen molar-refractivity contribution < 1.29 is 4.74 Å². The van der Waals surface area contributed by atoms with E-state index in [4.69, 9.17) is 4.74 Å². The van der Waals surface area contributed by atoms with Crippen molar-refractivity contribution in [3.05, 3.63) is 0 Å². The topological polar surface area (TPSA) is 36.3 Å². The Morgan fingerprint density at radius 2 is 2.12 bits per heavy atom. The van der Waals surface area contributed by atoms with Gasteiger partial charge in [-0.05, 0) is 46.2 Å². The maximum Gasteiger partial charge on any atom is 0.0691 e. The molecule has 0 aliphatic carbocycles. The summed E-state index contributed by atoms with van der Waals surface area (Å²) in [4.78, 5) is 2.39. The Labute approximate surface area is 98.4 Å². The Kier molecular flexibility index (Phi) is 2.98. The third-order valence-electron chi connectivity index (χ3n) is 4.65. The second kappa shape index (κ2) is 4.01. The van der Waals surface area contributed by atoms with Gasteiger partial charge in [-0.2, -0.15) is 5.26 Å². The highest BCUT2D eigenvalue weighted by Crippen LogP contribution is 2.52. The molecule has 1 atom stereocenters. The smallest absolute Gasteiger partial charge is 0.0691 e. The van der Waals surface area contributed by atoms with Gasteiger partial charge in [-0.1, -0.05) is 0 Å². The standard InChI is InChI=1S/C13H22N2O/c1-12(2,8-14)13(9-16-10-13)11-5-4-6-15(3)7-11/h11H,4-7,9-10H2,1-3H3. The summed E-state index contributed by atoms with van der Waals surface area (Å²) >= 11 is 0. The van der Waals surface area contributed by atoms with Crippen molar-refractivity contribution >= 4 is 0 Å². The first-order valence-electron chi connectivity index (χ1n) is 6.19. The largest absolute Gasteiger partial charge is 0.380 e. The van der Waals surface area contributed by atoms with E-state index in [0.29, 0.717) is 5.92 Å². The molecule has 2 saturated heterocycles. The minimum Gasteiger partial charge on any atom is -0.380 e. The molecular formula is C13H22N2O. The average Bonchev–Trinajstić information content (AvgIpc) is 2.15. The maximum absolute atomic E-state index is 9.37. The van der Waals surface area contributed by atoms with Gasteiger partial charge in [-0.15, -0.1) is 0 Å². The zero-order valence-electron chi connectivity index (χ0n) is 10.6. The number of nitrogens with zero attached hydrogens (tertiary/aromatic N) is 2. The third-order valence-corrected chi connectivity index (χ3v) is 4.65. The van der Waals surface area contributed by atoms with Gasteiger partial charge in [0.25, 0.3) is 0 Å². The monoisotopic (exact) mass is 222 g/mol. The normalized spacial score (nSPS) is 30.5. The van der Waals surface area contributed by atoms with Crippen LogP contribution in [0.25, 0.3) is 0 Å². The van der Waals surface area contributed by atoms with Gasteiger partial charge in [0, 0.05) is 12.0 Å². The Bertz CT molecular complexity index is 302. The third kappa shape index (κ3) is 1.65. The van der Waals surface area contributed by atoms with E-state index >= 15 is 0 Å². The lowest BCUT2D eigenvalue weighted by molar-refractivity contribution is -0.199. The van der Waals surface area contributed by atoms with Crippen LogP contribution in [0.3, 0.4) is 0 Å². The van der Waals surface area contributed by atoms with Crippen molar-refractivity contribution in [1.82, 2.24) is 4.90 Å². The van der Waals surface area contributed by atoms with Crippen molar-refractivity contribution in [3.8, 4) is 6.07 Å². The quantitative estimate of drug-likeness (QED) is 0.716. The van der Waals surface area contributed by atoms with Crippen LogP contribution in [0.2, 0.25) is 0 Å². The molecule has 0 aromatic carbocycles. The number of likely N-dealkylation sites (tertiary alicyclic amines) is 1. The lowest BCUT2D eigenvalue weighted by atomic mass is 9.56. The van der Waals surface area contributed by atoms with Crippen molar-refractivity contribution in [2.45, 2.75) is 26.7 Å². The van der Waals surface area contributed by atoms with E-state index in [1.54, 1.807) is 0 Å². The first-order valence-corrected chi connectivity index (χ1v) is 6.19. The Morgan fingerprint density at radius 1 is 1.44 bits per heavy atom. The van der Waals surface area contributed by atoms with Gasteiger partial charge in [0.2, 0.25) is 0 Å². The molecule has 0 N–H and O–H groups in total. The number of hydrogen-bond donors (Lipinski definition) is 0. The van der Waals surface area contributed by atoms with Gasteiger partial charge >= 0.3 is 0 Å². The van der Waals surface area contributed by atoms with E-state index in [9.17, 15) is 5.26 Å². The number of rotatable bonds is 2. The molecule has 0 bridgehead atoms. The second-order valence-electron chi connectivity index (χ2n) is 5.99. The predicted molar refractivity (Wildman–Crippen MR) is 62.9 cm³/mol. The Balaban J connectivity index is 2.18. The maximum atomic E-state index is 9.37. The fourth-order valence-electron chi connectivity index (χ4n) is 3.16. The van der Waals surface area contributed by atoms with E-state index in [-0.39, 0.29) is 10.8 Å². The van der Waals surface area contributed by atoms with Crippen LogP contribution >= 0.6 is 0 Å². The van der Waals surface area contributed by atoms with Crippen molar-refractivity contribution in [2.75, 3.05) is 33.4 Å². The van der Waals surface area contributed by atoms with Crippen LogP contribution in [-0.2, 0) is 4.74 Å². The van der Waals surface area contributed by atoms with Crippen LogP contribution in [0.15, 0.2) is 0 Å². The minimum atomic E-state index is -0.270. The molecule has 90 valence electrons. The zero-order chi connectivity index (χ0) is 11.8. The van der Waals surface area contributed by atoms with Crippen molar-refractivity contribution in [1.29, 1.82) is 5.26 Å². The molecule has 0 amide bonds. The molecule has 1 unspecified atom stereocenters. The lowest BCUT2D eigenvalue weighted by Crippen LogP contribution is -2.60. The van der Waals surface area contributed by atoms with E-state index in [2.05, 4.69) is 31.9 Å². The summed E-state index contributed by atoms with van der Waals surface area (Å²) in [6.45, 7) is 8.00. The van der Waals surface area contributed by atoms with Crippen molar-refractivity contribution in [2.24, 2.45) is 16.7 Å². The van der Waals surface area contributed by atoms with Gasteiger partial charge in [-0.25, -0.2) is 0 Å². The molecule has 0 aromatic heterocycles. The van der Waals surface area contributed by atoms with Crippen LogP contribution in [-0.4, -0.2) is 38.3 Å². The van der Waals surface area contributed by atoms with Crippen molar-refractivity contribution in [3.63, 3.8) is 0 Å². The van der Waals surface area contributed by atoms with E-state index in [0.717, 1.165) is 19.8 Å². The molecule has 0 radical (unpaired) electrons. The molecule has 0 saturated carbocycles. The zero-order valence-corrected chi connectivity index (χ0v) is 10.6. The van der Waals surface area contributed by atoms with Gasteiger partial charge in [0.1, 0.15) is 0 Å². The molecule has 3 heteroatoms. The highest BCUT2D eigenvalue weighted by atomic mass is 16.5. The molecule has 0 spiro atoms. The van der Waals surface area contributed by atoms with Gasteiger partial charge in [0.15, 0.2) is 0 Å². The average molecular weight is 222 g/mol. The van der Waals surface area contributed by atoms with E-state index in [1.165, 1.54) is 19.4 Å². The second-order valence-corrected chi connectivity index (χ2v) is 5.99.